The van der Waals surface area contributed by atoms with E-state index in [4.69, 9.17) is 4.74 Å². The van der Waals surface area contributed by atoms with Crippen molar-refractivity contribution in [1.82, 2.24) is 4.31 Å². The van der Waals surface area contributed by atoms with Crippen LogP contribution in [0.15, 0.2) is 59.6 Å². The van der Waals surface area contributed by atoms with E-state index in [1.807, 2.05) is 13.8 Å². The van der Waals surface area contributed by atoms with Crippen molar-refractivity contribution in [1.29, 1.82) is 0 Å². The van der Waals surface area contributed by atoms with Crippen molar-refractivity contribution in [3.05, 3.63) is 60.2 Å². The molecule has 3 rings (SSSR count). The van der Waals surface area contributed by atoms with Gasteiger partial charge in [0, 0.05) is 0 Å². The molecule has 1 aliphatic rings. The molecule has 1 amide bonds. The lowest BCUT2D eigenvalue weighted by molar-refractivity contribution is -0.122. The summed E-state index contributed by atoms with van der Waals surface area (Å²) in [6.45, 7) is 8.96. The molecule has 2 aromatic rings. The maximum absolute atomic E-state index is 13.3. The standard InChI is InChI=1S/C22H26N2O4S/c1-15(2)28-18-13-11-17(12-14-18)23-19-20(16-9-7-6-8-10-16)29(26,27)24(21(19)25)22(3,4)5/h6-15,20H,1-5H3. The summed E-state index contributed by atoms with van der Waals surface area (Å²) in [6.07, 6.45) is 0.0384. The van der Waals surface area contributed by atoms with E-state index < -0.39 is 26.7 Å². The Morgan fingerprint density at radius 3 is 2.10 bits per heavy atom. The minimum Gasteiger partial charge on any atom is -0.491 e. The molecule has 1 atom stereocenters. The van der Waals surface area contributed by atoms with Gasteiger partial charge in [0.1, 0.15) is 11.5 Å². The fourth-order valence-corrected chi connectivity index (χ4v) is 5.57. The number of ether oxygens (including phenoxy) is 1. The van der Waals surface area contributed by atoms with Crippen LogP contribution in [0.1, 0.15) is 45.4 Å². The van der Waals surface area contributed by atoms with Gasteiger partial charge in [-0.15, -0.1) is 0 Å². The van der Waals surface area contributed by atoms with E-state index in [1.54, 1.807) is 75.4 Å². The Morgan fingerprint density at radius 1 is 1.00 bits per heavy atom. The second-order valence-electron chi connectivity index (χ2n) is 8.23. The quantitative estimate of drug-likeness (QED) is 0.749. The van der Waals surface area contributed by atoms with Crippen molar-refractivity contribution in [3.63, 3.8) is 0 Å². The van der Waals surface area contributed by atoms with Gasteiger partial charge in [0.25, 0.3) is 15.9 Å². The maximum Gasteiger partial charge on any atom is 0.284 e. The van der Waals surface area contributed by atoms with Crippen LogP contribution in [0.25, 0.3) is 0 Å². The molecule has 29 heavy (non-hydrogen) atoms. The molecule has 1 aliphatic heterocycles. The number of carbonyl (C=O) groups excluding carboxylic acids is 1. The molecule has 154 valence electrons. The number of sulfonamides is 1. The van der Waals surface area contributed by atoms with E-state index in [-0.39, 0.29) is 11.8 Å². The topological polar surface area (TPSA) is 76.0 Å². The Morgan fingerprint density at radius 2 is 1.59 bits per heavy atom. The highest BCUT2D eigenvalue weighted by molar-refractivity contribution is 7.91. The van der Waals surface area contributed by atoms with Gasteiger partial charge in [0.2, 0.25) is 0 Å². The zero-order chi connectivity index (χ0) is 21.4. The number of hydrogen-bond acceptors (Lipinski definition) is 5. The molecule has 1 heterocycles. The first kappa shape index (κ1) is 21.0. The van der Waals surface area contributed by atoms with Crippen LogP contribution in [-0.4, -0.2) is 36.0 Å². The van der Waals surface area contributed by atoms with Crippen molar-refractivity contribution in [3.8, 4) is 5.75 Å². The van der Waals surface area contributed by atoms with Gasteiger partial charge < -0.3 is 4.74 Å². The number of hydrogen-bond donors (Lipinski definition) is 0. The highest BCUT2D eigenvalue weighted by Crippen LogP contribution is 2.39. The average Bonchev–Trinajstić information content (AvgIpc) is 2.81. The van der Waals surface area contributed by atoms with Crippen molar-refractivity contribution in [2.24, 2.45) is 4.99 Å². The molecule has 0 bridgehead atoms. The van der Waals surface area contributed by atoms with Gasteiger partial charge in [-0.2, -0.15) is 0 Å². The largest absolute Gasteiger partial charge is 0.491 e. The highest BCUT2D eigenvalue weighted by atomic mass is 32.2. The smallest absolute Gasteiger partial charge is 0.284 e. The number of carbonyl (C=O) groups is 1. The van der Waals surface area contributed by atoms with E-state index in [9.17, 15) is 13.2 Å². The fourth-order valence-electron chi connectivity index (χ4n) is 3.34. The molecule has 0 radical (unpaired) electrons. The maximum atomic E-state index is 13.3. The number of aliphatic imine (C=N–C) groups is 1. The molecule has 0 saturated carbocycles. The molecule has 0 N–H and O–H groups in total. The summed E-state index contributed by atoms with van der Waals surface area (Å²) in [4.78, 5) is 17.6. The second kappa shape index (κ2) is 7.63. The normalized spacial score (nSPS) is 20.5. The SMILES string of the molecule is CC(C)Oc1ccc(N=C2C(=O)N(C(C)(C)C)S(=O)(=O)C2c2ccccc2)cc1. The lowest BCUT2D eigenvalue weighted by Gasteiger charge is -2.30. The van der Waals surface area contributed by atoms with Crippen LogP contribution in [0.5, 0.6) is 5.75 Å². The van der Waals surface area contributed by atoms with E-state index in [2.05, 4.69) is 4.99 Å². The van der Waals surface area contributed by atoms with E-state index in [1.165, 1.54) is 0 Å². The van der Waals surface area contributed by atoms with Crippen LogP contribution in [0.4, 0.5) is 5.69 Å². The Balaban J connectivity index is 2.11. The minimum atomic E-state index is -3.95. The molecule has 0 aromatic heterocycles. The first-order valence-corrected chi connectivity index (χ1v) is 11.0. The third-order valence-corrected chi connectivity index (χ3v) is 6.69. The van der Waals surface area contributed by atoms with Crippen molar-refractivity contribution in [2.75, 3.05) is 0 Å². The number of benzene rings is 2. The molecule has 0 aliphatic carbocycles. The molecule has 2 aromatic carbocycles. The van der Waals surface area contributed by atoms with Gasteiger partial charge in [-0.1, -0.05) is 30.3 Å². The van der Waals surface area contributed by atoms with E-state index >= 15 is 0 Å². The average molecular weight is 415 g/mol. The molecule has 7 heteroatoms. The van der Waals surface area contributed by atoms with Crippen LogP contribution < -0.4 is 4.74 Å². The predicted molar refractivity (Wildman–Crippen MR) is 114 cm³/mol. The minimum absolute atomic E-state index is 0.00338. The zero-order valence-electron chi connectivity index (χ0n) is 17.3. The van der Waals surface area contributed by atoms with Crippen molar-refractivity contribution in [2.45, 2.75) is 51.5 Å². The van der Waals surface area contributed by atoms with E-state index in [0.29, 0.717) is 17.0 Å². The second-order valence-corrected chi connectivity index (χ2v) is 10.1. The molecular formula is C22H26N2O4S. The molecular weight excluding hydrogens is 388 g/mol. The fraction of sp³-hybridized carbons (Fsp3) is 0.364. The lowest BCUT2D eigenvalue weighted by atomic mass is 10.0. The molecule has 1 saturated heterocycles. The number of nitrogens with zero attached hydrogens (tertiary/aromatic N) is 2. The van der Waals surface area contributed by atoms with Crippen molar-refractivity contribution >= 4 is 27.3 Å². The van der Waals surface area contributed by atoms with Gasteiger partial charge in [0.05, 0.1) is 17.3 Å². The van der Waals surface area contributed by atoms with Crippen LogP contribution in [0, 0.1) is 0 Å². The van der Waals surface area contributed by atoms with E-state index in [0.717, 1.165) is 4.31 Å². The first-order valence-electron chi connectivity index (χ1n) is 9.50. The lowest BCUT2D eigenvalue weighted by Crippen LogP contribution is -2.45. The van der Waals surface area contributed by atoms with Gasteiger partial charge in [-0.3, -0.25) is 4.79 Å². The molecule has 6 nitrogen and oxygen atoms in total. The van der Waals surface area contributed by atoms with Crippen LogP contribution >= 0.6 is 0 Å². The van der Waals surface area contributed by atoms with Crippen molar-refractivity contribution < 1.29 is 17.9 Å². The number of rotatable bonds is 4. The predicted octanol–water partition coefficient (Wildman–Crippen LogP) is 4.26. The van der Waals surface area contributed by atoms with Crippen LogP contribution in [0.2, 0.25) is 0 Å². The Kier molecular flexibility index (Phi) is 5.54. The summed E-state index contributed by atoms with van der Waals surface area (Å²) in [5.41, 5.74) is 0.126. The summed E-state index contributed by atoms with van der Waals surface area (Å²) in [7, 11) is -3.95. The third-order valence-electron chi connectivity index (χ3n) is 4.37. The van der Waals surface area contributed by atoms with Gasteiger partial charge >= 0.3 is 0 Å². The molecule has 0 spiro atoms. The van der Waals surface area contributed by atoms with Gasteiger partial charge in [-0.05, 0) is 64.4 Å². The molecule has 1 unspecified atom stereocenters. The summed E-state index contributed by atoms with van der Waals surface area (Å²) in [6, 6.07) is 15.7. The summed E-state index contributed by atoms with van der Waals surface area (Å²) in [5.74, 6) is 0.0964. The summed E-state index contributed by atoms with van der Waals surface area (Å²) in [5, 5.41) is -1.14. The summed E-state index contributed by atoms with van der Waals surface area (Å²) >= 11 is 0. The zero-order valence-corrected chi connectivity index (χ0v) is 18.1. The van der Waals surface area contributed by atoms with Crippen LogP contribution in [0.3, 0.4) is 0 Å². The Hall–Kier alpha value is -2.67. The summed E-state index contributed by atoms with van der Waals surface area (Å²) < 4.78 is 33.2. The molecule has 1 fully saturated rings. The highest BCUT2D eigenvalue weighted by Gasteiger charge is 2.54. The number of amides is 1. The Labute approximate surface area is 172 Å². The first-order chi connectivity index (χ1) is 13.5. The third kappa shape index (κ3) is 4.19. The monoisotopic (exact) mass is 414 g/mol. The van der Waals surface area contributed by atoms with Gasteiger partial charge in [-0.25, -0.2) is 17.7 Å². The van der Waals surface area contributed by atoms with Crippen LogP contribution in [-0.2, 0) is 14.8 Å². The Bertz CT molecular complexity index is 1020. The van der Waals surface area contributed by atoms with Gasteiger partial charge in [0.15, 0.2) is 5.25 Å².